The highest BCUT2D eigenvalue weighted by Gasteiger charge is 2.01. The summed E-state index contributed by atoms with van der Waals surface area (Å²) in [5.74, 6) is 0.843. The zero-order chi connectivity index (χ0) is 14.6. The van der Waals surface area contributed by atoms with Gasteiger partial charge in [-0.3, -0.25) is 0 Å². The van der Waals surface area contributed by atoms with Crippen LogP contribution in [-0.2, 0) is 17.7 Å². The summed E-state index contributed by atoms with van der Waals surface area (Å²) in [6, 6.07) is 0. The van der Waals surface area contributed by atoms with Crippen LogP contribution >= 0.6 is 35.3 Å². The fourth-order valence-electron chi connectivity index (χ4n) is 1.61. The van der Waals surface area contributed by atoms with E-state index < -0.39 is 0 Å². The standard InChI is InChI=1S/C14H26N4OS.HI/c1-4-13-18-12(11-20-13)10-17-14(15-5-2)16-8-7-9-19-6-3;/h11H,4-10H2,1-3H3,(H2,15,16,17);1H. The van der Waals surface area contributed by atoms with Gasteiger partial charge in [0.05, 0.1) is 17.2 Å². The van der Waals surface area contributed by atoms with Crippen molar-refractivity contribution < 1.29 is 4.74 Å². The highest BCUT2D eigenvalue weighted by molar-refractivity contribution is 14.0. The average molecular weight is 426 g/mol. The Morgan fingerprint density at radius 1 is 1.33 bits per heavy atom. The van der Waals surface area contributed by atoms with Gasteiger partial charge in [0.25, 0.3) is 0 Å². The Hall–Kier alpha value is -0.410. The van der Waals surface area contributed by atoms with E-state index >= 15 is 0 Å². The number of thiazole rings is 1. The molecule has 122 valence electrons. The lowest BCUT2D eigenvalue weighted by Gasteiger charge is -2.10. The first-order chi connectivity index (χ1) is 9.80. The van der Waals surface area contributed by atoms with Crippen molar-refractivity contribution in [2.24, 2.45) is 4.99 Å². The van der Waals surface area contributed by atoms with Crippen LogP contribution in [0.15, 0.2) is 10.4 Å². The molecule has 1 rings (SSSR count). The Morgan fingerprint density at radius 2 is 2.14 bits per heavy atom. The summed E-state index contributed by atoms with van der Waals surface area (Å²) in [6.45, 7) is 10.1. The first-order valence-corrected chi connectivity index (χ1v) is 8.21. The van der Waals surface area contributed by atoms with Gasteiger partial charge in [-0.15, -0.1) is 35.3 Å². The summed E-state index contributed by atoms with van der Waals surface area (Å²) in [6.07, 6.45) is 1.97. The molecule has 1 heterocycles. The Kier molecular flexibility index (Phi) is 13.0. The van der Waals surface area contributed by atoms with E-state index in [0.29, 0.717) is 6.54 Å². The summed E-state index contributed by atoms with van der Waals surface area (Å²) in [4.78, 5) is 9.06. The lowest BCUT2D eigenvalue weighted by molar-refractivity contribution is 0.145. The van der Waals surface area contributed by atoms with Crippen molar-refractivity contribution in [1.29, 1.82) is 0 Å². The molecule has 0 aliphatic heterocycles. The zero-order valence-electron chi connectivity index (χ0n) is 13.1. The highest BCUT2D eigenvalue weighted by Crippen LogP contribution is 2.10. The van der Waals surface area contributed by atoms with Gasteiger partial charge in [0.1, 0.15) is 0 Å². The lowest BCUT2D eigenvalue weighted by Crippen LogP contribution is -2.38. The van der Waals surface area contributed by atoms with Crippen molar-refractivity contribution in [2.45, 2.75) is 40.2 Å². The second-order valence-corrected chi connectivity index (χ2v) is 5.20. The Morgan fingerprint density at radius 3 is 2.76 bits per heavy atom. The second kappa shape index (κ2) is 13.3. The molecule has 1 aromatic heterocycles. The molecule has 0 saturated heterocycles. The average Bonchev–Trinajstić information content (AvgIpc) is 2.92. The van der Waals surface area contributed by atoms with E-state index in [4.69, 9.17) is 4.74 Å². The second-order valence-electron chi connectivity index (χ2n) is 4.26. The van der Waals surface area contributed by atoms with E-state index in [1.807, 2.05) is 6.92 Å². The summed E-state index contributed by atoms with van der Waals surface area (Å²) in [7, 11) is 0. The zero-order valence-corrected chi connectivity index (χ0v) is 16.3. The quantitative estimate of drug-likeness (QED) is 0.276. The van der Waals surface area contributed by atoms with E-state index in [1.54, 1.807) is 11.3 Å². The van der Waals surface area contributed by atoms with Crippen LogP contribution in [-0.4, -0.2) is 37.2 Å². The predicted octanol–water partition coefficient (Wildman–Crippen LogP) is 2.81. The smallest absolute Gasteiger partial charge is 0.191 e. The van der Waals surface area contributed by atoms with Gasteiger partial charge in [-0.05, 0) is 26.7 Å². The molecule has 5 nitrogen and oxygen atoms in total. The number of guanidine groups is 1. The molecule has 21 heavy (non-hydrogen) atoms. The molecule has 0 radical (unpaired) electrons. The van der Waals surface area contributed by atoms with Gasteiger partial charge in [0, 0.05) is 31.7 Å². The summed E-state index contributed by atoms with van der Waals surface area (Å²) in [5, 5.41) is 9.80. The minimum atomic E-state index is 0. The minimum Gasteiger partial charge on any atom is -0.382 e. The van der Waals surface area contributed by atoms with Crippen LogP contribution in [0.1, 0.15) is 37.9 Å². The molecule has 0 aliphatic rings. The predicted molar refractivity (Wildman–Crippen MR) is 101 cm³/mol. The lowest BCUT2D eigenvalue weighted by atomic mass is 10.4. The molecule has 0 aliphatic carbocycles. The largest absolute Gasteiger partial charge is 0.382 e. The van der Waals surface area contributed by atoms with Crippen LogP contribution < -0.4 is 10.6 Å². The van der Waals surface area contributed by atoms with Crippen LogP contribution in [0.3, 0.4) is 0 Å². The Bertz CT molecular complexity index is 398. The van der Waals surface area contributed by atoms with Crippen molar-refractivity contribution in [3.05, 3.63) is 16.1 Å². The number of hydrogen-bond acceptors (Lipinski definition) is 4. The van der Waals surface area contributed by atoms with E-state index in [9.17, 15) is 0 Å². The fraction of sp³-hybridized carbons (Fsp3) is 0.714. The minimum absolute atomic E-state index is 0. The van der Waals surface area contributed by atoms with Crippen LogP contribution in [0.5, 0.6) is 0 Å². The van der Waals surface area contributed by atoms with Crippen molar-refractivity contribution in [3.63, 3.8) is 0 Å². The van der Waals surface area contributed by atoms with Gasteiger partial charge in [-0.2, -0.15) is 0 Å². The number of halogens is 1. The number of ether oxygens (including phenoxy) is 1. The monoisotopic (exact) mass is 426 g/mol. The van der Waals surface area contributed by atoms with Gasteiger partial charge in [-0.1, -0.05) is 6.92 Å². The number of aromatic nitrogens is 1. The number of hydrogen-bond donors (Lipinski definition) is 2. The number of rotatable bonds is 9. The first-order valence-electron chi connectivity index (χ1n) is 7.33. The summed E-state index contributed by atoms with van der Waals surface area (Å²) < 4.78 is 5.31. The molecular formula is C14H27IN4OS. The topological polar surface area (TPSA) is 58.5 Å². The van der Waals surface area contributed by atoms with Gasteiger partial charge >= 0.3 is 0 Å². The third kappa shape index (κ3) is 9.26. The molecule has 0 aromatic carbocycles. The molecule has 1 aromatic rings. The van der Waals surface area contributed by atoms with E-state index in [1.165, 1.54) is 5.01 Å². The molecule has 0 atom stereocenters. The van der Waals surface area contributed by atoms with Gasteiger partial charge in [0.2, 0.25) is 0 Å². The van der Waals surface area contributed by atoms with Crippen molar-refractivity contribution in [3.8, 4) is 0 Å². The van der Waals surface area contributed by atoms with Crippen molar-refractivity contribution >= 4 is 41.3 Å². The van der Waals surface area contributed by atoms with Crippen LogP contribution in [0.4, 0.5) is 0 Å². The summed E-state index contributed by atoms with van der Waals surface area (Å²) in [5.41, 5.74) is 1.04. The molecule has 2 N–H and O–H groups in total. The maximum atomic E-state index is 5.31. The van der Waals surface area contributed by atoms with E-state index in [0.717, 1.165) is 50.8 Å². The molecule has 0 fully saturated rings. The van der Waals surface area contributed by atoms with Gasteiger partial charge in [-0.25, -0.2) is 9.98 Å². The summed E-state index contributed by atoms with van der Waals surface area (Å²) >= 11 is 1.70. The Labute approximate surface area is 149 Å². The third-order valence-corrected chi connectivity index (χ3v) is 3.65. The van der Waals surface area contributed by atoms with Gasteiger partial charge < -0.3 is 15.4 Å². The fourth-order valence-corrected chi connectivity index (χ4v) is 2.35. The molecule has 0 spiro atoms. The number of aliphatic imine (C=N–C) groups is 1. The van der Waals surface area contributed by atoms with Crippen LogP contribution in [0.25, 0.3) is 0 Å². The normalized spacial score (nSPS) is 11.1. The van der Waals surface area contributed by atoms with Gasteiger partial charge in [0.15, 0.2) is 5.96 Å². The van der Waals surface area contributed by atoms with Crippen molar-refractivity contribution in [1.82, 2.24) is 15.6 Å². The Balaban J connectivity index is 0.00000400. The van der Waals surface area contributed by atoms with E-state index in [-0.39, 0.29) is 24.0 Å². The SMILES string of the molecule is CCNC(=NCc1csc(CC)n1)NCCCOCC.I. The molecular weight excluding hydrogens is 399 g/mol. The van der Waals surface area contributed by atoms with Crippen LogP contribution in [0, 0.1) is 0 Å². The number of nitrogens with one attached hydrogen (secondary N) is 2. The van der Waals surface area contributed by atoms with E-state index in [2.05, 4.69) is 39.8 Å². The molecule has 7 heteroatoms. The maximum absolute atomic E-state index is 5.31. The molecule has 0 saturated carbocycles. The molecule has 0 unspecified atom stereocenters. The molecule has 0 bridgehead atoms. The molecule has 0 amide bonds. The van der Waals surface area contributed by atoms with Crippen LogP contribution in [0.2, 0.25) is 0 Å². The van der Waals surface area contributed by atoms with Crippen molar-refractivity contribution in [2.75, 3.05) is 26.3 Å². The number of nitrogens with zero attached hydrogens (tertiary/aromatic N) is 2. The highest BCUT2D eigenvalue weighted by atomic mass is 127. The number of aryl methyl sites for hydroxylation is 1. The maximum Gasteiger partial charge on any atom is 0.191 e. The third-order valence-electron chi connectivity index (χ3n) is 2.61. The first kappa shape index (κ1) is 20.6.